The van der Waals surface area contributed by atoms with E-state index in [2.05, 4.69) is 0 Å². The zero-order valence-electron chi connectivity index (χ0n) is 7.66. The minimum Gasteiger partial charge on any atom is -0.255 e. The molecule has 0 bridgehead atoms. The molecular weight excluding hydrogens is 209 g/mol. The second-order valence-electron chi connectivity index (χ2n) is 2.57. The van der Waals surface area contributed by atoms with Crippen molar-refractivity contribution in [1.29, 1.82) is 0 Å². The molecule has 0 fully saturated rings. The van der Waals surface area contributed by atoms with Crippen LogP contribution in [0.25, 0.3) is 0 Å². The predicted molar refractivity (Wildman–Crippen MR) is 38.9 cm³/mol. The topological polar surface area (TPSA) is 20.3 Å². The Bertz CT molecular complexity index is 213. The number of carbonyl (C=O) groups excluding carboxylic acids is 1. The Morgan fingerprint density at radius 3 is 1.57 bits per heavy atom. The number of likely N-dealkylation sites (N-methyl/N-ethyl adjacent to an activating group) is 1. The summed E-state index contributed by atoms with van der Waals surface area (Å²) in [6.45, 7) is 1.57. The van der Waals surface area contributed by atoms with Crippen molar-refractivity contribution < 1.29 is 26.7 Å². The lowest BCUT2D eigenvalue weighted by atomic mass is 10.2. The Morgan fingerprint density at radius 2 is 1.50 bits per heavy atom. The van der Waals surface area contributed by atoms with Gasteiger partial charge in [-0.05, 0) is 13.1 Å². The SMILES string of the molecule is CCN(CC)C(F)(C(=O)F)C(F)(F)F. The molecule has 0 aromatic carbocycles. The molecular formula is C7H10F5NO. The molecule has 0 spiro atoms. The van der Waals surface area contributed by atoms with E-state index in [9.17, 15) is 26.7 Å². The molecule has 0 N–H and O–H groups in total. The molecule has 0 aromatic rings. The maximum Gasteiger partial charge on any atom is 0.447 e. The van der Waals surface area contributed by atoms with Crippen LogP contribution >= 0.6 is 0 Å². The molecule has 1 atom stereocenters. The zero-order chi connectivity index (χ0) is 11.6. The van der Waals surface area contributed by atoms with Gasteiger partial charge >= 0.3 is 18.0 Å². The van der Waals surface area contributed by atoms with E-state index in [4.69, 9.17) is 0 Å². The first-order chi connectivity index (χ1) is 6.21. The minimum atomic E-state index is -5.56. The van der Waals surface area contributed by atoms with Gasteiger partial charge in [0.1, 0.15) is 0 Å². The van der Waals surface area contributed by atoms with Gasteiger partial charge in [-0.3, -0.25) is 9.69 Å². The van der Waals surface area contributed by atoms with Gasteiger partial charge in [0.2, 0.25) is 0 Å². The van der Waals surface area contributed by atoms with Crippen LogP contribution in [0.4, 0.5) is 22.0 Å². The minimum absolute atomic E-state index is 0.0787. The van der Waals surface area contributed by atoms with Crippen molar-refractivity contribution in [3.8, 4) is 0 Å². The summed E-state index contributed by atoms with van der Waals surface area (Å²) in [6, 6.07) is -3.03. The van der Waals surface area contributed by atoms with Gasteiger partial charge in [-0.25, -0.2) is 4.39 Å². The highest BCUT2D eigenvalue weighted by atomic mass is 19.4. The molecule has 2 nitrogen and oxygen atoms in total. The second-order valence-corrected chi connectivity index (χ2v) is 2.57. The zero-order valence-corrected chi connectivity index (χ0v) is 7.66. The van der Waals surface area contributed by atoms with Crippen molar-refractivity contribution >= 4 is 6.04 Å². The smallest absolute Gasteiger partial charge is 0.255 e. The fraction of sp³-hybridized carbons (Fsp3) is 0.857. The van der Waals surface area contributed by atoms with Crippen LogP contribution in [-0.4, -0.2) is 36.0 Å². The maximum absolute atomic E-state index is 13.2. The van der Waals surface area contributed by atoms with Crippen molar-refractivity contribution in [2.45, 2.75) is 25.8 Å². The van der Waals surface area contributed by atoms with Crippen LogP contribution in [0, 0.1) is 0 Å². The van der Waals surface area contributed by atoms with Crippen LogP contribution in [0.1, 0.15) is 13.8 Å². The van der Waals surface area contributed by atoms with Crippen LogP contribution in [0.2, 0.25) is 0 Å². The molecule has 0 aliphatic rings. The van der Waals surface area contributed by atoms with Gasteiger partial charge in [0.05, 0.1) is 0 Å². The average Bonchev–Trinajstić information content (AvgIpc) is 2.03. The van der Waals surface area contributed by atoms with Crippen LogP contribution < -0.4 is 0 Å². The first-order valence-corrected chi connectivity index (χ1v) is 3.92. The summed E-state index contributed by atoms with van der Waals surface area (Å²) in [7, 11) is 0. The van der Waals surface area contributed by atoms with E-state index in [1.54, 1.807) is 0 Å². The Morgan fingerprint density at radius 1 is 1.14 bits per heavy atom. The Kier molecular flexibility index (Phi) is 3.99. The predicted octanol–water partition coefficient (Wildman–Crippen LogP) is 2.05. The van der Waals surface area contributed by atoms with Crippen molar-refractivity contribution in [3.05, 3.63) is 0 Å². The van der Waals surface area contributed by atoms with Gasteiger partial charge in [0.15, 0.2) is 0 Å². The largest absolute Gasteiger partial charge is 0.447 e. The number of hydrogen-bond acceptors (Lipinski definition) is 2. The summed E-state index contributed by atoms with van der Waals surface area (Å²) in [4.78, 5) is 10.1. The van der Waals surface area contributed by atoms with Crippen molar-refractivity contribution in [1.82, 2.24) is 4.90 Å². The maximum atomic E-state index is 13.2. The van der Waals surface area contributed by atoms with Gasteiger partial charge < -0.3 is 0 Å². The van der Waals surface area contributed by atoms with Gasteiger partial charge in [-0.2, -0.15) is 17.6 Å². The lowest BCUT2D eigenvalue weighted by Crippen LogP contribution is -2.59. The standard InChI is InChI=1S/C7H10F5NO/c1-3-13(4-2)6(9,5(8)14)7(10,11)12/h3-4H2,1-2H3. The average molecular weight is 219 g/mol. The van der Waals surface area contributed by atoms with Crippen LogP contribution in [0.3, 0.4) is 0 Å². The summed E-state index contributed by atoms with van der Waals surface area (Å²) < 4.78 is 61.6. The molecule has 1 unspecified atom stereocenters. The number of halogens is 5. The third-order valence-electron chi connectivity index (χ3n) is 1.84. The molecule has 0 saturated carbocycles. The van der Waals surface area contributed by atoms with E-state index in [1.165, 1.54) is 13.8 Å². The van der Waals surface area contributed by atoms with Gasteiger partial charge in [-0.15, -0.1) is 0 Å². The van der Waals surface area contributed by atoms with Crippen molar-refractivity contribution in [2.24, 2.45) is 0 Å². The fourth-order valence-electron chi connectivity index (χ4n) is 1.07. The normalized spacial score (nSPS) is 16.9. The van der Waals surface area contributed by atoms with E-state index in [-0.39, 0.29) is 4.90 Å². The molecule has 0 aliphatic heterocycles. The quantitative estimate of drug-likeness (QED) is 0.409. The van der Waals surface area contributed by atoms with E-state index < -0.39 is 31.1 Å². The van der Waals surface area contributed by atoms with Gasteiger partial charge in [-0.1, -0.05) is 13.8 Å². The molecule has 0 heterocycles. The van der Waals surface area contributed by atoms with Crippen LogP contribution in [0.5, 0.6) is 0 Å². The number of alkyl halides is 4. The van der Waals surface area contributed by atoms with Gasteiger partial charge in [0, 0.05) is 0 Å². The lowest BCUT2D eigenvalue weighted by Gasteiger charge is -2.33. The number of rotatable bonds is 4. The first-order valence-electron chi connectivity index (χ1n) is 3.92. The number of hydrogen-bond donors (Lipinski definition) is 0. The third kappa shape index (κ3) is 2.02. The summed E-state index contributed by atoms with van der Waals surface area (Å²) in [5.41, 5.74) is 0. The van der Waals surface area contributed by atoms with Crippen LogP contribution in [-0.2, 0) is 4.79 Å². The van der Waals surface area contributed by atoms with Crippen molar-refractivity contribution in [3.63, 3.8) is 0 Å². The summed E-state index contributed by atoms with van der Waals surface area (Å²) >= 11 is 0. The lowest BCUT2D eigenvalue weighted by molar-refractivity contribution is -0.275. The number of carbonyl (C=O) groups is 1. The van der Waals surface area contributed by atoms with Gasteiger partial charge in [0.25, 0.3) is 0 Å². The molecule has 84 valence electrons. The van der Waals surface area contributed by atoms with E-state index in [0.29, 0.717) is 0 Å². The van der Waals surface area contributed by atoms with Crippen LogP contribution in [0.15, 0.2) is 0 Å². The molecule has 7 heteroatoms. The fourth-order valence-corrected chi connectivity index (χ4v) is 1.07. The molecule has 0 amide bonds. The molecule has 0 rings (SSSR count). The molecule has 0 aliphatic carbocycles. The summed E-state index contributed by atoms with van der Waals surface area (Å²) in [6.07, 6.45) is -5.56. The number of nitrogens with zero attached hydrogens (tertiary/aromatic N) is 1. The molecule has 14 heavy (non-hydrogen) atoms. The summed E-state index contributed by atoms with van der Waals surface area (Å²) in [5, 5.41) is 0. The molecule has 0 saturated heterocycles. The third-order valence-corrected chi connectivity index (χ3v) is 1.84. The first kappa shape index (κ1) is 13.3. The second kappa shape index (κ2) is 4.20. The monoisotopic (exact) mass is 219 g/mol. The Hall–Kier alpha value is -0.720. The highest BCUT2D eigenvalue weighted by Gasteiger charge is 2.65. The van der Waals surface area contributed by atoms with Crippen molar-refractivity contribution in [2.75, 3.05) is 13.1 Å². The Balaban J connectivity index is 5.19. The molecule has 0 radical (unpaired) electrons. The Labute approximate surface area is 77.7 Å². The highest BCUT2D eigenvalue weighted by Crippen LogP contribution is 2.37. The van der Waals surface area contributed by atoms with E-state index in [0.717, 1.165) is 0 Å². The molecule has 0 aromatic heterocycles. The van der Waals surface area contributed by atoms with E-state index >= 15 is 0 Å². The summed E-state index contributed by atoms with van der Waals surface area (Å²) in [5.74, 6) is -4.52. The highest BCUT2D eigenvalue weighted by molar-refractivity contribution is 5.78. The van der Waals surface area contributed by atoms with E-state index in [1.807, 2.05) is 0 Å².